The van der Waals surface area contributed by atoms with E-state index in [1.165, 1.54) is 0 Å². The monoisotopic (exact) mass is 316 g/mol. The van der Waals surface area contributed by atoms with Crippen molar-refractivity contribution in [2.24, 2.45) is 0 Å². The quantitative estimate of drug-likeness (QED) is 0.630. The van der Waals surface area contributed by atoms with E-state index >= 15 is 0 Å². The summed E-state index contributed by atoms with van der Waals surface area (Å²) in [5, 5.41) is 1.95. The number of ether oxygens (including phenoxy) is 1. The summed E-state index contributed by atoms with van der Waals surface area (Å²) in [5.41, 5.74) is 1.40. The highest BCUT2D eigenvalue weighted by Crippen LogP contribution is 2.30. The van der Waals surface area contributed by atoms with Gasteiger partial charge in [-0.15, -0.1) is 0 Å². The summed E-state index contributed by atoms with van der Waals surface area (Å²) in [4.78, 5) is 11.7. The summed E-state index contributed by atoms with van der Waals surface area (Å²) in [6.07, 6.45) is 0. The van der Waals surface area contributed by atoms with Crippen molar-refractivity contribution in [3.8, 4) is 0 Å². The number of fused-ring (bicyclic) bond motifs is 1. The number of benzene rings is 1. The van der Waals surface area contributed by atoms with Crippen molar-refractivity contribution in [3.63, 3.8) is 0 Å². The van der Waals surface area contributed by atoms with Gasteiger partial charge in [-0.25, -0.2) is 4.79 Å². The van der Waals surface area contributed by atoms with Gasteiger partial charge in [0.2, 0.25) is 5.76 Å². The van der Waals surface area contributed by atoms with Crippen molar-refractivity contribution in [2.75, 3.05) is 6.61 Å². The van der Waals surface area contributed by atoms with E-state index in [9.17, 15) is 4.79 Å². The van der Waals surface area contributed by atoms with Crippen LogP contribution in [0.2, 0.25) is 5.02 Å². The maximum Gasteiger partial charge on any atom is 0.374 e. The standard InChI is InChI=1S/C12H10BrClO3/c1-2-16-12(15)11-9(6-13)8-5-7(14)3-4-10(8)17-11/h3-5H,2,6H2,1H3. The molecule has 0 fully saturated rings. The molecule has 5 heteroatoms. The summed E-state index contributed by atoms with van der Waals surface area (Å²) in [6, 6.07) is 5.24. The highest BCUT2D eigenvalue weighted by Gasteiger charge is 2.20. The molecule has 1 heterocycles. The molecule has 0 N–H and O–H groups in total. The lowest BCUT2D eigenvalue weighted by atomic mass is 10.1. The normalized spacial score (nSPS) is 10.8. The average molecular weight is 318 g/mol. The minimum absolute atomic E-state index is 0.237. The molecule has 1 aromatic heterocycles. The molecule has 0 aliphatic heterocycles. The fraction of sp³-hybridized carbons (Fsp3) is 0.250. The SMILES string of the molecule is CCOC(=O)c1oc2ccc(Cl)cc2c1CBr. The largest absolute Gasteiger partial charge is 0.460 e. The first-order chi connectivity index (χ1) is 8.17. The molecule has 0 aliphatic rings. The second kappa shape index (κ2) is 5.10. The van der Waals surface area contributed by atoms with Gasteiger partial charge in [0, 0.05) is 21.3 Å². The van der Waals surface area contributed by atoms with Crippen molar-refractivity contribution < 1.29 is 13.9 Å². The van der Waals surface area contributed by atoms with Crippen LogP contribution in [0.1, 0.15) is 23.0 Å². The fourth-order valence-corrected chi connectivity index (χ4v) is 2.34. The van der Waals surface area contributed by atoms with Crippen molar-refractivity contribution in [1.82, 2.24) is 0 Å². The van der Waals surface area contributed by atoms with E-state index in [1.807, 2.05) is 0 Å². The summed E-state index contributed by atoms with van der Waals surface area (Å²) in [5.74, 6) is -0.213. The van der Waals surface area contributed by atoms with Gasteiger partial charge >= 0.3 is 5.97 Å². The van der Waals surface area contributed by atoms with Gasteiger partial charge in [0.1, 0.15) is 5.58 Å². The Morgan fingerprint density at radius 1 is 1.53 bits per heavy atom. The lowest BCUT2D eigenvalue weighted by Gasteiger charge is -1.99. The second-order valence-corrected chi connectivity index (χ2v) is 4.40. The Morgan fingerprint density at radius 2 is 2.29 bits per heavy atom. The zero-order valence-corrected chi connectivity index (χ0v) is 11.5. The maximum atomic E-state index is 11.7. The Bertz CT molecular complexity index is 562. The van der Waals surface area contributed by atoms with Crippen LogP contribution >= 0.6 is 27.5 Å². The predicted octanol–water partition coefficient (Wildman–Crippen LogP) is 4.16. The molecule has 3 nitrogen and oxygen atoms in total. The molecule has 0 bridgehead atoms. The number of halogens is 2. The third-order valence-corrected chi connectivity index (χ3v) is 3.14. The van der Waals surface area contributed by atoms with E-state index in [4.69, 9.17) is 20.8 Å². The first-order valence-corrected chi connectivity index (χ1v) is 6.61. The highest BCUT2D eigenvalue weighted by atomic mass is 79.9. The van der Waals surface area contributed by atoms with E-state index in [2.05, 4.69) is 15.9 Å². The van der Waals surface area contributed by atoms with Gasteiger partial charge in [-0.05, 0) is 25.1 Å². The Morgan fingerprint density at radius 3 is 2.94 bits per heavy atom. The number of carbonyl (C=O) groups excluding carboxylic acids is 1. The topological polar surface area (TPSA) is 39.4 Å². The molecular formula is C12H10BrClO3. The van der Waals surface area contributed by atoms with Gasteiger partial charge in [-0.3, -0.25) is 0 Å². The van der Waals surface area contributed by atoms with Crippen molar-refractivity contribution in [3.05, 3.63) is 34.5 Å². The minimum Gasteiger partial charge on any atom is -0.460 e. The van der Waals surface area contributed by atoms with Gasteiger partial charge in [0.25, 0.3) is 0 Å². The molecule has 0 saturated heterocycles. The van der Waals surface area contributed by atoms with Gasteiger partial charge < -0.3 is 9.15 Å². The molecule has 0 amide bonds. The molecule has 0 radical (unpaired) electrons. The molecule has 0 unspecified atom stereocenters. The van der Waals surface area contributed by atoms with E-state index < -0.39 is 5.97 Å². The van der Waals surface area contributed by atoms with Crippen molar-refractivity contribution in [1.29, 1.82) is 0 Å². The second-order valence-electron chi connectivity index (χ2n) is 3.40. The minimum atomic E-state index is -0.450. The number of carbonyl (C=O) groups is 1. The first-order valence-electron chi connectivity index (χ1n) is 5.11. The van der Waals surface area contributed by atoms with Crippen molar-refractivity contribution >= 4 is 44.5 Å². The highest BCUT2D eigenvalue weighted by molar-refractivity contribution is 9.08. The smallest absolute Gasteiger partial charge is 0.374 e. The lowest BCUT2D eigenvalue weighted by Crippen LogP contribution is -2.05. The molecule has 90 valence electrons. The maximum absolute atomic E-state index is 11.7. The van der Waals surface area contributed by atoms with E-state index in [0.717, 1.165) is 10.9 Å². The lowest BCUT2D eigenvalue weighted by molar-refractivity contribution is 0.0491. The zero-order chi connectivity index (χ0) is 12.4. The van der Waals surface area contributed by atoms with Crippen LogP contribution in [0.25, 0.3) is 11.0 Å². The van der Waals surface area contributed by atoms with Crippen LogP contribution < -0.4 is 0 Å². The number of furan rings is 1. The van der Waals surface area contributed by atoms with E-state index in [1.54, 1.807) is 25.1 Å². The van der Waals surface area contributed by atoms with Gasteiger partial charge in [0.15, 0.2) is 0 Å². The number of alkyl halides is 1. The zero-order valence-electron chi connectivity index (χ0n) is 9.13. The van der Waals surface area contributed by atoms with Crippen molar-refractivity contribution in [2.45, 2.75) is 12.3 Å². The summed E-state index contributed by atoms with van der Waals surface area (Å²) in [6.45, 7) is 2.07. The van der Waals surface area contributed by atoms with Crippen LogP contribution in [0.15, 0.2) is 22.6 Å². The van der Waals surface area contributed by atoms with Crippen LogP contribution in [0.3, 0.4) is 0 Å². The van der Waals surface area contributed by atoms with Crippen LogP contribution in [0.5, 0.6) is 0 Å². The Hall–Kier alpha value is -1.000. The molecule has 0 spiro atoms. The van der Waals surface area contributed by atoms with Crippen LogP contribution in [-0.2, 0) is 10.1 Å². The number of hydrogen-bond acceptors (Lipinski definition) is 3. The Labute approximate surface area is 112 Å². The van der Waals surface area contributed by atoms with E-state index in [0.29, 0.717) is 22.5 Å². The fourth-order valence-electron chi connectivity index (χ4n) is 1.62. The molecule has 0 atom stereocenters. The molecule has 17 heavy (non-hydrogen) atoms. The van der Waals surface area contributed by atoms with Crippen LogP contribution in [0.4, 0.5) is 0 Å². The molecule has 1 aromatic carbocycles. The molecule has 0 aliphatic carbocycles. The number of esters is 1. The van der Waals surface area contributed by atoms with Gasteiger partial charge in [0.05, 0.1) is 6.61 Å². The third-order valence-electron chi connectivity index (χ3n) is 2.35. The number of hydrogen-bond donors (Lipinski definition) is 0. The van der Waals surface area contributed by atoms with Gasteiger partial charge in [-0.2, -0.15) is 0 Å². The third kappa shape index (κ3) is 2.33. The molecule has 2 aromatic rings. The van der Waals surface area contributed by atoms with Gasteiger partial charge in [-0.1, -0.05) is 27.5 Å². The Balaban J connectivity index is 2.60. The Kier molecular flexibility index (Phi) is 3.74. The summed E-state index contributed by atoms with van der Waals surface area (Å²) in [7, 11) is 0. The molecule has 2 rings (SSSR count). The summed E-state index contributed by atoms with van der Waals surface area (Å²) >= 11 is 9.27. The number of rotatable bonds is 3. The van der Waals surface area contributed by atoms with Crippen LogP contribution in [0, 0.1) is 0 Å². The first kappa shape index (κ1) is 12.5. The molecule has 0 saturated carbocycles. The van der Waals surface area contributed by atoms with Crippen LogP contribution in [-0.4, -0.2) is 12.6 Å². The van der Waals surface area contributed by atoms with E-state index in [-0.39, 0.29) is 5.76 Å². The molecular weight excluding hydrogens is 307 g/mol. The summed E-state index contributed by atoms with van der Waals surface area (Å²) < 4.78 is 10.4. The predicted molar refractivity (Wildman–Crippen MR) is 69.8 cm³/mol. The average Bonchev–Trinajstić information content (AvgIpc) is 2.67.